The van der Waals surface area contributed by atoms with Crippen molar-refractivity contribution in [2.24, 2.45) is 25.8 Å². The molecule has 7 aromatic rings. The van der Waals surface area contributed by atoms with E-state index < -0.39 is 17.7 Å². The fourth-order valence-corrected chi connectivity index (χ4v) is 12.0. The topological polar surface area (TPSA) is 319 Å². The fourth-order valence-electron chi connectivity index (χ4n) is 6.85. The van der Waals surface area contributed by atoms with Crippen LogP contribution in [0.25, 0.3) is 10.8 Å². The SMILES string of the molecule is C.C=C1CC(c2sc(C)nc2CC)=NO1.CCOc1cc(C)sc1-c1n[nH]c(=O)o1.CCOc1cc(C)sc1C1=NN=NC1.CCOc1nc(C)sc1C(=O)O.CCOc1nc(C)sc1C1=NOC(=O)C1.CCc1nc(C)sc1C(=O)O. The van der Waals surface area contributed by atoms with Gasteiger partial charge in [-0.2, -0.15) is 5.11 Å². The highest BCUT2D eigenvalue weighted by Gasteiger charge is 2.26. The Morgan fingerprint density at radius 3 is 1.63 bits per heavy atom. The predicted molar refractivity (Wildman–Crippen MR) is 321 cm³/mol. The van der Waals surface area contributed by atoms with Gasteiger partial charge in [-0.3, -0.25) is 0 Å². The molecule has 0 unspecified atom stereocenters. The van der Waals surface area contributed by atoms with Crippen LogP contribution in [0.15, 0.2) is 59.4 Å². The van der Waals surface area contributed by atoms with Gasteiger partial charge in [-0.25, -0.2) is 44.2 Å². The van der Waals surface area contributed by atoms with Gasteiger partial charge >= 0.3 is 23.7 Å². The van der Waals surface area contributed by atoms with Gasteiger partial charge in [0.25, 0.3) is 5.89 Å². The molecule has 0 atom stereocenters. The lowest BCUT2D eigenvalue weighted by Crippen LogP contribution is -2.02. The second-order valence-electron chi connectivity index (χ2n) is 16.3. The van der Waals surface area contributed by atoms with Crippen LogP contribution in [-0.4, -0.2) is 108 Å². The summed E-state index contributed by atoms with van der Waals surface area (Å²) in [7, 11) is 0. The van der Waals surface area contributed by atoms with Crippen molar-refractivity contribution in [3.63, 3.8) is 0 Å². The molecular formula is C52H65N11O13S6. The van der Waals surface area contributed by atoms with Gasteiger partial charge < -0.3 is 43.3 Å². The second kappa shape index (κ2) is 32.9. The van der Waals surface area contributed by atoms with Gasteiger partial charge in [0.1, 0.15) is 55.6 Å². The molecule has 0 aliphatic carbocycles. The fraction of sp³-hybridized carbons (Fsp3) is 0.423. The first-order valence-electron chi connectivity index (χ1n) is 25.0. The van der Waals surface area contributed by atoms with E-state index in [2.05, 4.69) is 81.1 Å². The van der Waals surface area contributed by atoms with E-state index in [-0.39, 0.29) is 36.5 Å². The first-order chi connectivity index (χ1) is 38.7. The van der Waals surface area contributed by atoms with E-state index >= 15 is 0 Å². The first-order valence-corrected chi connectivity index (χ1v) is 29.9. The Labute approximate surface area is 497 Å². The van der Waals surface area contributed by atoms with E-state index in [0.717, 1.165) is 80.0 Å². The third-order valence-corrected chi connectivity index (χ3v) is 16.1. The Morgan fingerprint density at radius 2 is 1.12 bits per heavy atom. The number of hydrogen-bond acceptors (Lipinski definition) is 27. The van der Waals surface area contributed by atoms with Crippen LogP contribution in [-0.2, 0) is 27.3 Å². The highest BCUT2D eigenvalue weighted by molar-refractivity contribution is 7.16. The molecule has 3 N–H and O–H groups in total. The number of carbonyl (C=O) groups is 3. The summed E-state index contributed by atoms with van der Waals surface area (Å²) in [6.07, 6.45) is 2.54. The molecule has 10 heterocycles. The molecule has 442 valence electrons. The number of oxime groups is 2. The second-order valence-corrected chi connectivity index (χ2v) is 23.6. The first kappa shape index (κ1) is 67.1. The Morgan fingerprint density at radius 1 is 0.610 bits per heavy atom. The third kappa shape index (κ3) is 19.4. The summed E-state index contributed by atoms with van der Waals surface area (Å²) in [6.45, 7) is 29.6. The predicted octanol–water partition coefficient (Wildman–Crippen LogP) is 12.5. The summed E-state index contributed by atoms with van der Waals surface area (Å²) in [5.41, 5.74) is 4.29. The number of rotatable bonds is 16. The van der Waals surface area contributed by atoms with Crippen LogP contribution in [0.2, 0.25) is 0 Å². The molecule has 0 aromatic carbocycles. The maximum Gasteiger partial charge on any atom is 0.434 e. The van der Waals surface area contributed by atoms with Crippen molar-refractivity contribution in [2.75, 3.05) is 33.0 Å². The number of thiophene rings is 2. The maximum absolute atomic E-state index is 10.9. The molecule has 0 fully saturated rings. The van der Waals surface area contributed by atoms with E-state index in [1.807, 2.05) is 67.5 Å². The summed E-state index contributed by atoms with van der Waals surface area (Å²) >= 11 is 8.65. The molecule has 0 spiro atoms. The van der Waals surface area contributed by atoms with Crippen LogP contribution in [0, 0.1) is 41.5 Å². The number of aromatic nitrogens is 6. The van der Waals surface area contributed by atoms with Crippen LogP contribution in [0.4, 0.5) is 0 Å². The van der Waals surface area contributed by atoms with Crippen molar-refractivity contribution in [2.45, 2.75) is 116 Å². The van der Waals surface area contributed by atoms with Gasteiger partial charge in [0.05, 0.1) is 80.4 Å². The van der Waals surface area contributed by atoms with Crippen molar-refractivity contribution in [3.05, 3.63) is 101 Å². The molecule has 82 heavy (non-hydrogen) atoms. The quantitative estimate of drug-likeness (QED) is 0.0757. The molecule has 0 saturated heterocycles. The Balaban J connectivity index is 0.000000212. The van der Waals surface area contributed by atoms with Gasteiger partial charge in [-0.1, -0.05) is 38.2 Å². The smallest absolute Gasteiger partial charge is 0.434 e. The average Bonchev–Trinajstić information content (AvgIpc) is 4.38. The molecule has 0 amide bonds. The largest absolute Gasteiger partial charge is 0.492 e. The summed E-state index contributed by atoms with van der Waals surface area (Å²) in [5.74, 6) is 0.629. The molecule has 24 nitrogen and oxygen atoms in total. The maximum atomic E-state index is 10.9. The van der Waals surface area contributed by atoms with E-state index in [9.17, 15) is 19.2 Å². The highest BCUT2D eigenvalue weighted by Crippen LogP contribution is 2.37. The average molecular weight is 1240 g/mol. The minimum Gasteiger partial charge on any atom is -0.492 e. The lowest BCUT2D eigenvalue weighted by atomic mass is 10.1. The zero-order chi connectivity index (χ0) is 59.3. The molecule has 30 heteroatoms. The monoisotopic (exact) mass is 1240 g/mol. The molecule has 0 bridgehead atoms. The molecule has 10 rings (SSSR count). The van der Waals surface area contributed by atoms with E-state index in [0.29, 0.717) is 84.5 Å². The van der Waals surface area contributed by atoms with Crippen molar-refractivity contribution in [1.82, 2.24) is 30.1 Å². The van der Waals surface area contributed by atoms with E-state index in [1.54, 1.807) is 36.5 Å². The van der Waals surface area contributed by atoms with E-state index in [1.165, 1.54) is 38.9 Å². The van der Waals surface area contributed by atoms with Gasteiger partial charge in [0.15, 0.2) is 4.88 Å². The number of hydrogen-bond donors (Lipinski definition) is 3. The minimum absolute atomic E-state index is 0. The summed E-state index contributed by atoms with van der Waals surface area (Å²) in [4.78, 5) is 75.7. The molecule has 0 saturated carbocycles. The van der Waals surface area contributed by atoms with Crippen LogP contribution in [0.5, 0.6) is 23.3 Å². The van der Waals surface area contributed by atoms with Gasteiger partial charge in [-0.15, -0.1) is 78.2 Å². The zero-order valence-corrected chi connectivity index (χ0v) is 51.4. The number of carboxylic acid groups (broad SMARTS) is 2. The lowest BCUT2D eigenvalue weighted by molar-refractivity contribution is -0.140. The van der Waals surface area contributed by atoms with Crippen LogP contribution >= 0.6 is 68.0 Å². The van der Waals surface area contributed by atoms with Crippen molar-refractivity contribution < 1.29 is 57.6 Å². The minimum atomic E-state index is -0.982. The lowest BCUT2D eigenvalue weighted by Gasteiger charge is -2.02. The highest BCUT2D eigenvalue weighted by atomic mass is 32.1. The molecule has 3 aliphatic rings. The van der Waals surface area contributed by atoms with Gasteiger partial charge in [0.2, 0.25) is 11.8 Å². The van der Waals surface area contributed by atoms with Crippen molar-refractivity contribution >= 4 is 103 Å². The number of ether oxygens (including phenoxy) is 4. The molecule has 0 radical (unpaired) electrons. The number of carbonyl (C=O) groups excluding carboxylic acids is 1. The van der Waals surface area contributed by atoms with Crippen LogP contribution < -0.4 is 24.7 Å². The number of allylic oxidation sites excluding steroid dienone is 1. The number of H-pyrrole nitrogens is 1. The number of carboxylic acids is 2. The third-order valence-electron chi connectivity index (χ3n) is 9.96. The van der Waals surface area contributed by atoms with Gasteiger partial charge in [-0.05, 0) is 99.4 Å². The molecule has 3 aliphatic heterocycles. The number of nitrogens with one attached hydrogen (secondary N) is 1. The summed E-state index contributed by atoms with van der Waals surface area (Å²) < 4.78 is 26.2. The number of aryl methyl sites for hydroxylation is 8. The number of nitrogens with zero attached hydrogens (tertiary/aromatic N) is 10. The van der Waals surface area contributed by atoms with Crippen LogP contribution in [0.1, 0.15) is 137 Å². The Kier molecular flexibility index (Phi) is 26.9. The number of aromatic carboxylic acids is 2. The summed E-state index contributed by atoms with van der Waals surface area (Å²) in [5, 5.41) is 46.0. The van der Waals surface area contributed by atoms with Crippen molar-refractivity contribution in [1.29, 1.82) is 0 Å². The molecular weight excluding hydrogens is 1180 g/mol. The van der Waals surface area contributed by atoms with Gasteiger partial charge in [0, 0.05) is 9.75 Å². The van der Waals surface area contributed by atoms with E-state index in [4.69, 9.17) is 38.4 Å². The number of thiazole rings is 4. The summed E-state index contributed by atoms with van der Waals surface area (Å²) in [6, 6.07) is 3.93. The Hall–Kier alpha value is -7.38. The molecule has 7 aromatic heterocycles. The van der Waals surface area contributed by atoms with Crippen molar-refractivity contribution in [3.8, 4) is 34.0 Å². The normalized spacial score (nSPS) is 12.6. The standard InChI is InChI=1S/C10H12N2OS.C9H11N3OS.2C9H10N2O3S.C7H9NO3S.C7H9NO2S.CH4/c1-4-8-10(14-7(3)11-8)9-5-6(2)13-12-9;1-3-13-8-4-6(2)14-9(8)7-5-10-12-11-7;1-3-13-9-8(15-5(2)10-9)6-4-7(12)14-11-6;1-3-13-6-4-5(2)15-7(6)8-10-11-9(12)14-8;1-3-11-6-5(7(9)10)12-4(2)8-6;1-3-5-6(7(9)10)11-4(2)8-5;/h2,4-5H2,1,3H3;4H,3,5H2,1-2H3;3-4H2,1-2H3;4H,3H2,1-2H3,(H,11,12);3H2,1-2H3,(H,9,10);3H2,1-2H3,(H,9,10);1H4. The Bertz CT molecular complexity index is 3460. The number of aromatic amines is 1. The zero-order valence-electron chi connectivity index (χ0n) is 46.5. The van der Waals surface area contributed by atoms with Crippen LogP contribution in [0.3, 0.4) is 0 Å².